The van der Waals surface area contributed by atoms with Crippen LogP contribution in [0, 0.1) is 6.92 Å². The predicted molar refractivity (Wildman–Crippen MR) is 97.4 cm³/mol. The van der Waals surface area contributed by atoms with Crippen LogP contribution in [0.15, 0.2) is 44.3 Å². The van der Waals surface area contributed by atoms with Crippen LogP contribution in [-0.2, 0) is 0 Å². The van der Waals surface area contributed by atoms with Crippen molar-refractivity contribution in [3.63, 3.8) is 0 Å². The second-order valence-electron chi connectivity index (χ2n) is 5.74. The molecule has 1 aromatic rings. The van der Waals surface area contributed by atoms with E-state index in [0.29, 0.717) is 0 Å². The maximum atomic E-state index is 4.91. The minimum atomic E-state index is 0.939. The van der Waals surface area contributed by atoms with Gasteiger partial charge in [-0.15, -0.1) is 0 Å². The molecule has 1 heterocycles. The molecule has 1 aliphatic heterocycles. The number of rotatable bonds is 4. The molecule has 2 aliphatic rings. The van der Waals surface area contributed by atoms with Gasteiger partial charge in [0.15, 0.2) is 0 Å². The minimum Gasteiger partial charge on any atom is -0.385 e. The number of benzene rings is 1. The van der Waals surface area contributed by atoms with Gasteiger partial charge < -0.3 is 10.6 Å². The first-order valence-corrected chi connectivity index (χ1v) is 8.73. The van der Waals surface area contributed by atoms with Gasteiger partial charge in [-0.3, -0.25) is 4.99 Å². The van der Waals surface area contributed by atoms with E-state index >= 15 is 0 Å². The molecular formula is C18H23N3S. The van der Waals surface area contributed by atoms with Gasteiger partial charge in [-0.2, -0.15) is 0 Å². The van der Waals surface area contributed by atoms with Crippen LogP contribution in [0.1, 0.15) is 32.8 Å². The molecule has 4 heteroatoms. The number of nitrogens with zero attached hydrogens (tertiary/aromatic N) is 1. The smallest absolute Gasteiger partial charge is 0.0777 e. The quantitative estimate of drug-likeness (QED) is 0.840. The van der Waals surface area contributed by atoms with E-state index in [4.69, 9.17) is 4.99 Å². The number of aryl methyl sites for hydroxylation is 1. The zero-order valence-electron chi connectivity index (χ0n) is 13.7. The summed E-state index contributed by atoms with van der Waals surface area (Å²) in [7, 11) is 0. The maximum Gasteiger partial charge on any atom is 0.0777 e. The Morgan fingerprint density at radius 3 is 2.64 bits per heavy atom. The fraction of sp³-hybridized carbons (Fsp3) is 0.389. The lowest BCUT2D eigenvalue weighted by Gasteiger charge is -2.25. The Bertz CT molecular complexity index is 699. The normalized spacial score (nSPS) is 16.5. The van der Waals surface area contributed by atoms with Gasteiger partial charge in [-0.25, -0.2) is 0 Å². The molecule has 1 aromatic carbocycles. The fourth-order valence-corrected chi connectivity index (χ4v) is 3.87. The van der Waals surface area contributed by atoms with Crippen LogP contribution in [-0.4, -0.2) is 18.8 Å². The molecule has 22 heavy (non-hydrogen) atoms. The monoisotopic (exact) mass is 313 g/mol. The molecule has 0 saturated carbocycles. The highest BCUT2D eigenvalue weighted by molar-refractivity contribution is 8.04. The number of nitrogens with one attached hydrogen (secondary N) is 2. The van der Waals surface area contributed by atoms with Crippen molar-refractivity contribution in [1.82, 2.24) is 5.32 Å². The molecule has 0 fully saturated rings. The highest BCUT2D eigenvalue weighted by atomic mass is 32.2. The Morgan fingerprint density at radius 2 is 1.91 bits per heavy atom. The van der Waals surface area contributed by atoms with Gasteiger partial charge in [0.2, 0.25) is 0 Å². The maximum absolute atomic E-state index is 4.91. The van der Waals surface area contributed by atoms with Crippen molar-refractivity contribution in [2.24, 2.45) is 4.99 Å². The summed E-state index contributed by atoms with van der Waals surface area (Å²) in [5.74, 6) is 0. The molecule has 0 spiro atoms. The van der Waals surface area contributed by atoms with E-state index in [0.717, 1.165) is 25.2 Å². The topological polar surface area (TPSA) is 36.4 Å². The van der Waals surface area contributed by atoms with E-state index in [-0.39, 0.29) is 0 Å². The van der Waals surface area contributed by atoms with Gasteiger partial charge in [0.25, 0.3) is 0 Å². The van der Waals surface area contributed by atoms with Crippen molar-refractivity contribution in [3.8, 4) is 0 Å². The summed E-state index contributed by atoms with van der Waals surface area (Å²) in [4.78, 5) is 7.43. The van der Waals surface area contributed by atoms with Crippen LogP contribution >= 0.6 is 11.8 Å². The summed E-state index contributed by atoms with van der Waals surface area (Å²) < 4.78 is 0. The molecule has 0 unspecified atom stereocenters. The van der Waals surface area contributed by atoms with Crippen molar-refractivity contribution >= 4 is 28.8 Å². The summed E-state index contributed by atoms with van der Waals surface area (Å²) >= 11 is 1.84. The standard InChI is InChI=1S/C18H23N3S/c1-5-19-13-9-17-15(7-11(13)3)21-16-8-12(4)14(20-6-2)10-18(16)22-17/h7,9-10,19-20H,5-6,8H2,1-4H3. The summed E-state index contributed by atoms with van der Waals surface area (Å²) in [6.45, 7) is 10.5. The van der Waals surface area contributed by atoms with Crippen molar-refractivity contribution in [2.45, 2.75) is 39.0 Å². The average Bonchev–Trinajstić information content (AvgIpc) is 2.48. The summed E-state index contributed by atoms with van der Waals surface area (Å²) in [5, 5.41) is 6.89. The molecule has 0 bridgehead atoms. The van der Waals surface area contributed by atoms with Gasteiger partial charge in [-0.05, 0) is 57.0 Å². The van der Waals surface area contributed by atoms with Crippen LogP contribution in [0.25, 0.3) is 0 Å². The van der Waals surface area contributed by atoms with Crippen LogP contribution in [0.4, 0.5) is 11.4 Å². The lowest BCUT2D eigenvalue weighted by atomic mass is 10.0. The van der Waals surface area contributed by atoms with E-state index in [1.54, 1.807) is 0 Å². The third-order valence-corrected chi connectivity index (χ3v) is 5.09. The molecule has 0 saturated heterocycles. The first kappa shape index (κ1) is 15.2. The molecule has 0 amide bonds. The minimum absolute atomic E-state index is 0.939. The SMILES string of the molecule is CCNC1=C(C)CC2=Nc3cc(C)c(NCC)cc3SC2=C1. The highest BCUT2D eigenvalue weighted by Crippen LogP contribution is 2.45. The number of aliphatic imine (C=N–C) groups is 1. The lowest BCUT2D eigenvalue weighted by molar-refractivity contribution is 0.855. The van der Waals surface area contributed by atoms with Gasteiger partial charge in [0, 0.05) is 40.7 Å². The zero-order chi connectivity index (χ0) is 15.7. The predicted octanol–water partition coefficient (Wildman–Crippen LogP) is 4.78. The number of anilines is 1. The van der Waals surface area contributed by atoms with E-state index in [1.165, 1.54) is 38.0 Å². The number of fused-ring (bicyclic) bond motifs is 2. The third kappa shape index (κ3) is 2.80. The van der Waals surface area contributed by atoms with Crippen molar-refractivity contribution in [3.05, 3.63) is 39.9 Å². The fourth-order valence-electron chi connectivity index (χ4n) is 2.83. The summed E-state index contributed by atoms with van der Waals surface area (Å²) in [5.41, 5.74) is 7.40. The number of hydrogen-bond acceptors (Lipinski definition) is 4. The Balaban J connectivity index is 1.98. The highest BCUT2D eigenvalue weighted by Gasteiger charge is 2.23. The molecule has 1 aliphatic carbocycles. The summed E-state index contributed by atoms with van der Waals surface area (Å²) in [6, 6.07) is 4.43. The Labute approximate surface area is 137 Å². The Morgan fingerprint density at radius 1 is 1.14 bits per heavy atom. The third-order valence-electron chi connectivity index (χ3n) is 3.97. The average molecular weight is 313 g/mol. The van der Waals surface area contributed by atoms with Crippen LogP contribution in [0.3, 0.4) is 0 Å². The largest absolute Gasteiger partial charge is 0.385 e. The van der Waals surface area contributed by atoms with Gasteiger partial charge >= 0.3 is 0 Å². The second kappa shape index (κ2) is 6.21. The molecule has 116 valence electrons. The van der Waals surface area contributed by atoms with Crippen LogP contribution in [0.2, 0.25) is 0 Å². The van der Waals surface area contributed by atoms with Crippen molar-refractivity contribution in [1.29, 1.82) is 0 Å². The molecule has 2 N–H and O–H groups in total. The zero-order valence-corrected chi connectivity index (χ0v) is 14.5. The van der Waals surface area contributed by atoms with E-state index in [1.807, 2.05) is 11.8 Å². The lowest BCUT2D eigenvalue weighted by Crippen LogP contribution is -2.19. The van der Waals surface area contributed by atoms with Crippen molar-refractivity contribution < 1.29 is 0 Å². The van der Waals surface area contributed by atoms with Gasteiger partial charge in [-0.1, -0.05) is 11.8 Å². The molecular weight excluding hydrogens is 290 g/mol. The van der Waals surface area contributed by atoms with E-state index in [2.05, 4.69) is 56.5 Å². The van der Waals surface area contributed by atoms with Crippen molar-refractivity contribution in [2.75, 3.05) is 18.4 Å². The second-order valence-corrected chi connectivity index (χ2v) is 6.82. The number of hydrogen-bond donors (Lipinski definition) is 2. The number of allylic oxidation sites excluding steroid dienone is 3. The first-order chi connectivity index (χ1) is 10.6. The number of thioether (sulfide) groups is 1. The Kier molecular flexibility index (Phi) is 4.30. The Hall–Kier alpha value is -1.68. The van der Waals surface area contributed by atoms with Gasteiger partial charge in [0.05, 0.1) is 11.4 Å². The summed E-state index contributed by atoms with van der Waals surface area (Å²) in [6.07, 6.45) is 3.19. The molecule has 0 aromatic heterocycles. The van der Waals surface area contributed by atoms with E-state index in [9.17, 15) is 0 Å². The molecule has 3 nitrogen and oxygen atoms in total. The molecule has 3 rings (SSSR count). The van der Waals surface area contributed by atoms with Gasteiger partial charge in [0.1, 0.15) is 0 Å². The number of likely N-dealkylation sites (N-methyl/N-ethyl adjacent to an activating group) is 1. The van der Waals surface area contributed by atoms with E-state index < -0.39 is 0 Å². The van der Waals surface area contributed by atoms with Crippen LogP contribution < -0.4 is 10.6 Å². The first-order valence-electron chi connectivity index (χ1n) is 7.92. The van der Waals surface area contributed by atoms with Crippen LogP contribution in [0.5, 0.6) is 0 Å². The molecule has 0 atom stereocenters. The molecule has 0 radical (unpaired) electrons.